The van der Waals surface area contributed by atoms with Crippen LogP contribution in [0.15, 0.2) is 243 Å². The summed E-state index contributed by atoms with van der Waals surface area (Å²) in [7, 11) is 8.68. The van der Waals surface area contributed by atoms with Gasteiger partial charge in [0.1, 0.15) is 0 Å². The third kappa shape index (κ3) is 8.50. The molecule has 3 unspecified atom stereocenters. The van der Waals surface area contributed by atoms with E-state index in [0.717, 1.165) is 6.42 Å². The average molecular weight is 1010 g/mol. The Morgan fingerprint density at radius 2 is 0.742 bits per heavy atom. The van der Waals surface area contributed by atoms with Crippen molar-refractivity contribution in [3.63, 3.8) is 0 Å². The van der Waals surface area contributed by atoms with Gasteiger partial charge in [-0.15, -0.1) is 0 Å². The van der Waals surface area contributed by atoms with Gasteiger partial charge in [0.15, 0.2) is 0 Å². The molecule has 0 radical (unpaired) electrons. The van der Waals surface area contributed by atoms with Gasteiger partial charge >= 0.3 is 411 Å². The van der Waals surface area contributed by atoms with E-state index in [1.807, 2.05) is 0 Å². The van der Waals surface area contributed by atoms with Gasteiger partial charge in [-0.2, -0.15) is 0 Å². The van der Waals surface area contributed by atoms with Crippen molar-refractivity contribution in [1.29, 1.82) is 0 Å². The molecule has 0 amide bonds. The number of hydrogen-bond acceptors (Lipinski definition) is 2. The average Bonchev–Trinajstić information content (AvgIpc) is 4.04. The number of halogens is 2. The minimum absolute atomic E-state index is 0.0150. The second-order valence-corrected chi connectivity index (χ2v) is 33.1. The molecule has 8 aromatic carbocycles. The van der Waals surface area contributed by atoms with Crippen LogP contribution >= 0.6 is 17.0 Å². The molecule has 0 aliphatic heterocycles. The predicted molar refractivity (Wildman–Crippen MR) is 279 cm³/mol. The Morgan fingerprint density at radius 1 is 0.424 bits per heavy atom. The molecular formula is C59H51Cl2O2Si2Zr. The molecule has 3 atom stereocenters. The molecule has 7 heteroatoms. The number of allylic oxidation sites excluding steroid dienone is 2. The quantitative estimate of drug-likeness (QED) is 0.0669. The van der Waals surface area contributed by atoms with Gasteiger partial charge in [0, 0.05) is 0 Å². The SMILES string of the molecule is [Cl][Zr]([Cl])[CH](CCC(CO[Si](c1ccccc1)(c1ccccc1)c1ccccc1)(C1C=Cc2ccccc21)C1C=Cc2ccccc21)O[Si](c1ccccc1)(c1ccccc1)c1ccccc1. The van der Waals surface area contributed by atoms with E-state index in [9.17, 15) is 0 Å². The predicted octanol–water partition coefficient (Wildman–Crippen LogP) is 11.0. The first kappa shape index (κ1) is 44.9. The van der Waals surface area contributed by atoms with Crippen molar-refractivity contribution in [1.82, 2.24) is 0 Å². The van der Waals surface area contributed by atoms with E-state index < -0.39 is 41.4 Å². The van der Waals surface area contributed by atoms with E-state index in [2.05, 4.69) is 255 Å². The topological polar surface area (TPSA) is 18.5 Å². The van der Waals surface area contributed by atoms with Crippen LogP contribution in [-0.2, 0) is 28.2 Å². The molecule has 2 nitrogen and oxygen atoms in total. The molecule has 10 rings (SSSR count). The van der Waals surface area contributed by atoms with Gasteiger partial charge in [-0.3, -0.25) is 0 Å². The Morgan fingerprint density at radius 3 is 1.09 bits per heavy atom. The molecule has 2 aliphatic rings. The van der Waals surface area contributed by atoms with E-state index in [0.29, 0.717) is 13.0 Å². The Labute approximate surface area is 407 Å². The third-order valence-electron chi connectivity index (χ3n) is 13.9. The number of rotatable bonds is 17. The second-order valence-electron chi connectivity index (χ2n) is 17.4. The zero-order chi connectivity index (χ0) is 44.8. The Kier molecular flexibility index (Phi) is 13.7. The van der Waals surface area contributed by atoms with Crippen molar-refractivity contribution in [3.8, 4) is 0 Å². The second kappa shape index (κ2) is 20.1. The van der Waals surface area contributed by atoms with Crippen LogP contribution in [0.5, 0.6) is 0 Å². The van der Waals surface area contributed by atoms with Crippen LogP contribution in [0.1, 0.15) is 46.9 Å². The standard InChI is InChI=1S/C59H51O2Si2.2ClH.Zr/c1-7-26-49(27-8-1)62(50-28-9-2-10-29-50,51-30-11-3-12-31-51)60-45-23-44-59(57-42-40-47-24-19-21-38-55(47)57,58-43-41-48-25-20-22-39-56(48)58)46-61-63(52-32-13-4-14-33-52,53-34-15-5-16-35-53)54-36-17-6-18-37-54;;;/h1-22,24-43,45,57-58H,23,44,46H2;2*1H;/q;;;+2/p-2. The van der Waals surface area contributed by atoms with Crippen LogP contribution in [0, 0.1) is 5.41 Å². The van der Waals surface area contributed by atoms with E-state index in [1.165, 1.54) is 53.4 Å². The molecule has 0 spiro atoms. The Bertz CT molecular complexity index is 2650. The van der Waals surface area contributed by atoms with Gasteiger partial charge < -0.3 is 0 Å². The molecule has 0 fully saturated rings. The summed E-state index contributed by atoms with van der Waals surface area (Å²) >= 11 is -3.28. The fraction of sp³-hybridized carbons (Fsp3) is 0.119. The molecule has 0 aromatic heterocycles. The van der Waals surface area contributed by atoms with Gasteiger partial charge in [-0.1, -0.05) is 0 Å². The molecule has 0 saturated carbocycles. The van der Waals surface area contributed by atoms with Crippen LogP contribution in [0.4, 0.5) is 0 Å². The third-order valence-corrected chi connectivity index (χ3v) is 27.7. The van der Waals surface area contributed by atoms with Gasteiger partial charge in [-0.25, -0.2) is 0 Å². The summed E-state index contributed by atoms with van der Waals surface area (Å²) < 4.78 is 15.8. The van der Waals surface area contributed by atoms with Crippen LogP contribution < -0.4 is 31.1 Å². The maximum atomic E-state index is 8.20. The van der Waals surface area contributed by atoms with Crippen molar-refractivity contribution in [2.75, 3.05) is 6.61 Å². The van der Waals surface area contributed by atoms with Crippen molar-refractivity contribution in [3.05, 3.63) is 265 Å². The first-order valence-electron chi connectivity index (χ1n) is 22.9. The van der Waals surface area contributed by atoms with Crippen LogP contribution in [0.3, 0.4) is 0 Å². The fourth-order valence-corrected chi connectivity index (χ4v) is 24.5. The fourth-order valence-electron chi connectivity index (χ4n) is 10.8. The van der Waals surface area contributed by atoms with E-state index in [1.54, 1.807) is 0 Å². The summed E-state index contributed by atoms with van der Waals surface area (Å²) in [6.45, 7) is 0.471. The van der Waals surface area contributed by atoms with E-state index in [4.69, 9.17) is 25.9 Å². The molecule has 8 aromatic rings. The van der Waals surface area contributed by atoms with Crippen molar-refractivity contribution >= 4 is 76.9 Å². The zero-order valence-electron chi connectivity index (χ0n) is 36.7. The summed E-state index contributed by atoms with van der Waals surface area (Å²) in [6.07, 6.45) is 11.0. The first-order valence-corrected chi connectivity index (χ1v) is 34.5. The number of hydrogen-bond donors (Lipinski definition) is 0. The van der Waals surface area contributed by atoms with Gasteiger partial charge in [0.2, 0.25) is 0 Å². The Balaban J connectivity index is 1.16. The summed E-state index contributed by atoms with van der Waals surface area (Å²) in [4.78, 5) is 0. The summed E-state index contributed by atoms with van der Waals surface area (Å²) in [5.41, 5.74) is 4.64. The monoisotopic (exact) mass is 1010 g/mol. The summed E-state index contributed by atoms with van der Waals surface area (Å²) in [6, 6.07) is 83.1. The van der Waals surface area contributed by atoms with Gasteiger partial charge in [-0.05, 0) is 0 Å². The Hall–Kier alpha value is -4.94. The van der Waals surface area contributed by atoms with E-state index in [-0.39, 0.29) is 15.6 Å². The van der Waals surface area contributed by atoms with Gasteiger partial charge in [0.25, 0.3) is 0 Å². The molecule has 2 aliphatic carbocycles. The van der Waals surface area contributed by atoms with Crippen molar-refractivity contribution in [2.24, 2.45) is 5.41 Å². The molecule has 66 heavy (non-hydrogen) atoms. The molecule has 0 N–H and O–H groups in total. The normalized spacial score (nSPS) is 16.6. The summed E-state index contributed by atoms with van der Waals surface area (Å²) in [5, 5.41) is 7.15. The number of fused-ring (bicyclic) bond motifs is 2. The molecule has 0 heterocycles. The minimum atomic E-state index is -3.28. The molecule has 325 valence electrons. The first-order chi connectivity index (χ1) is 32.5. The van der Waals surface area contributed by atoms with Crippen molar-refractivity contribution < 1.29 is 28.2 Å². The molecular weight excluding hydrogens is 959 g/mol. The zero-order valence-corrected chi connectivity index (χ0v) is 42.6. The molecule has 0 saturated heterocycles. The van der Waals surface area contributed by atoms with Gasteiger partial charge in [0.05, 0.1) is 0 Å². The van der Waals surface area contributed by atoms with Crippen LogP contribution in [-0.4, -0.2) is 27.1 Å². The van der Waals surface area contributed by atoms with Crippen LogP contribution in [0.2, 0.25) is 0 Å². The van der Waals surface area contributed by atoms with Crippen molar-refractivity contribution in [2.45, 2.75) is 28.5 Å². The van der Waals surface area contributed by atoms with Crippen LogP contribution in [0.25, 0.3) is 12.2 Å². The number of benzene rings is 8. The van der Waals surface area contributed by atoms with E-state index >= 15 is 0 Å². The maximum absolute atomic E-state index is 8.20. The summed E-state index contributed by atoms with van der Waals surface area (Å²) in [5.74, 6) is 0.0301. The molecule has 0 bridgehead atoms.